The van der Waals surface area contributed by atoms with Gasteiger partial charge >= 0.3 is 7.82 Å². The molecule has 0 bridgehead atoms. The largest absolute Gasteiger partial charge is 0.493 e. The standard InChI is InChI=1S/C17H21O6P/c18-24(19,20)23-17(11-13-21-15-7-3-1-4-8-15)12-14-22-16-9-5-2-6-10-16/h1-10,17H,11-14H2,(H2,18,19,20). The molecule has 0 saturated heterocycles. The van der Waals surface area contributed by atoms with Crippen molar-refractivity contribution in [2.24, 2.45) is 0 Å². The molecule has 24 heavy (non-hydrogen) atoms. The van der Waals surface area contributed by atoms with Crippen molar-refractivity contribution in [2.75, 3.05) is 13.2 Å². The van der Waals surface area contributed by atoms with E-state index >= 15 is 0 Å². The van der Waals surface area contributed by atoms with Crippen LogP contribution in [0.5, 0.6) is 11.5 Å². The molecule has 0 aliphatic rings. The molecule has 0 heterocycles. The highest BCUT2D eigenvalue weighted by atomic mass is 31.2. The summed E-state index contributed by atoms with van der Waals surface area (Å²) in [5.74, 6) is 1.40. The van der Waals surface area contributed by atoms with E-state index in [9.17, 15) is 4.57 Å². The van der Waals surface area contributed by atoms with Gasteiger partial charge in [-0.1, -0.05) is 36.4 Å². The maximum atomic E-state index is 11.1. The number of phosphoric acid groups is 1. The van der Waals surface area contributed by atoms with Gasteiger partial charge in [-0.15, -0.1) is 0 Å². The average molecular weight is 352 g/mol. The highest BCUT2D eigenvalue weighted by Gasteiger charge is 2.22. The number of phosphoric ester groups is 1. The lowest BCUT2D eigenvalue weighted by atomic mass is 10.2. The van der Waals surface area contributed by atoms with Gasteiger partial charge in [0.1, 0.15) is 11.5 Å². The van der Waals surface area contributed by atoms with Gasteiger partial charge in [-0.05, 0) is 24.3 Å². The molecule has 0 aromatic heterocycles. The van der Waals surface area contributed by atoms with Gasteiger partial charge in [-0.25, -0.2) is 4.57 Å². The molecule has 0 spiro atoms. The van der Waals surface area contributed by atoms with Crippen molar-refractivity contribution in [3.05, 3.63) is 60.7 Å². The summed E-state index contributed by atoms with van der Waals surface area (Å²) in [6.45, 7) is 0.583. The van der Waals surface area contributed by atoms with Crippen LogP contribution in [0.15, 0.2) is 60.7 Å². The molecule has 2 rings (SSSR count). The molecule has 2 aromatic carbocycles. The van der Waals surface area contributed by atoms with Gasteiger partial charge in [0.05, 0.1) is 19.3 Å². The normalized spacial score (nSPS) is 11.5. The molecule has 2 aromatic rings. The molecule has 0 atom stereocenters. The number of rotatable bonds is 10. The molecule has 2 N–H and O–H groups in total. The van der Waals surface area contributed by atoms with Crippen LogP contribution in [0.1, 0.15) is 12.8 Å². The van der Waals surface area contributed by atoms with E-state index in [1.807, 2.05) is 60.7 Å². The Balaban J connectivity index is 1.79. The second-order valence-corrected chi connectivity index (χ2v) is 6.31. The van der Waals surface area contributed by atoms with Crippen molar-refractivity contribution < 1.29 is 28.3 Å². The number of para-hydroxylation sites is 2. The molecule has 0 aliphatic carbocycles. The van der Waals surface area contributed by atoms with Crippen LogP contribution in [0.3, 0.4) is 0 Å². The van der Waals surface area contributed by atoms with Gasteiger partial charge < -0.3 is 19.3 Å². The maximum absolute atomic E-state index is 11.1. The Labute approximate surface area is 141 Å². The van der Waals surface area contributed by atoms with Crippen LogP contribution in [0.2, 0.25) is 0 Å². The Morgan fingerprint density at radius 2 is 1.21 bits per heavy atom. The van der Waals surface area contributed by atoms with Crippen molar-refractivity contribution in [3.8, 4) is 11.5 Å². The van der Waals surface area contributed by atoms with E-state index in [2.05, 4.69) is 0 Å². The highest BCUT2D eigenvalue weighted by Crippen LogP contribution is 2.39. The topological polar surface area (TPSA) is 85.2 Å². The Hall–Kier alpha value is -1.85. The fraction of sp³-hybridized carbons (Fsp3) is 0.294. The fourth-order valence-corrected chi connectivity index (χ4v) is 2.69. The Morgan fingerprint density at radius 3 is 1.58 bits per heavy atom. The van der Waals surface area contributed by atoms with Crippen molar-refractivity contribution in [1.82, 2.24) is 0 Å². The molecule has 7 heteroatoms. The van der Waals surface area contributed by atoms with Gasteiger partial charge in [-0.3, -0.25) is 4.52 Å². The van der Waals surface area contributed by atoms with E-state index in [0.29, 0.717) is 37.6 Å². The molecule has 0 aliphatic heterocycles. The van der Waals surface area contributed by atoms with Crippen LogP contribution >= 0.6 is 7.82 Å². The summed E-state index contributed by atoms with van der Waals surface area (Å²) in [6, 6.07) is 18.4. The SMILES string of the molecule is O=P(O)(O)OC(CCOc1ccccc1)CCOc1ccccc1. The van der Waals surface area contributed by atoms with E-state index in [1.165, 1.54) is 0 Å². The maximum Gasteiger partial charge on any atom is 0.469 e. The lowest BCUT2D eigenvalue weighted by molar-refractivity contribution is 0.0941. The first-order valence-corrected chi connectivity index (χ1v) is 9.15. The molecule has 0 radical (unpaired) electrons. The summed E-state index contributed by atoms with van der Waals surface area (Å²) < 4.78 is 27.0. The van der Waals surface area contributed by atoms with Crippen molar-refractivity contribution in [2.45, 2.75) is 18.9 Å². The zero-order valence-electron chi connectivity index (χ0n) is 13.2. The molecule has 0 unspecified atom stereocenters. The van der Waals surface area contributed by atoms with Gasteiger partial charge in [-0.2, -0.15) is 0 Å². The van der Waals surface area contributed by atoms with E-state index in [0.717, 1.165) is 0 Å². The van der Waals surface area contributed by atoms with E-state index in [4.69, 9.17) is 23.8 Å². The first-order chi connectivity index (χ1) is 11.5. The zero-order valence-corrected chi connectivity index (χ0v) is 14.0. The summed E-state index contributed by atoms with van der Waals surface area (Å²) in [7, 11) is -4.56. The molecule has 0 saturated carbocycles. The van der Waals surface area contributed by atoms with Crippen LogP contribution in [0, 0.1) is 0 Å². The first-order valence-electron chi connectivity index (χ1n) is 7.62. The predicted octanol–water partition coefficient (Wildman–Crippen LogP) is 3.40. The minimum absolute atomic E-state index is 0.292. The van der Waals surface area contributed by atoms with Crippen molar-refractivity contribution in [1.29, 1.82) is 0 Å². The minimum atomic E-state index is -4.56. The predicted molar refractivity (Wildman–Crippen MR) is 90.0 cm³/mol. The molecule has 130 valence electrons. The van der Waals surface area contributed by atoms with Crippen molar-refractivity contribution >= 4 is 7.82 Å². The molecule has 6 nitrogen and oxygen atoms in total. The molecular weight excluding hydrogens is 331 g/mol. The van der Waals surface area contributed by atoms with Gasteiger partial charge in [0.15, 0.2) is 0 Å². The summed E-state index contributed by atoms with van der Waals surface area (Å²) in [4.78, 5) is 18.1. The van der Waals surface area contributed by atoms with Crippen LogP contribution in [0.25, 0.3) is 0 Å². The Bertz CT molecular complexity index is 583. The summed E-state index contributed by atoms with van der Waals surface area (Å²) in [5, 5.41) is 0. The van der Waals surface area contributed by atoms with Crippen LogP contribution in [-0.2, 0) is 9.09 Å². The summed E-state index contributed by atoms with van der Waals surface area (Å²) >= 11 is 0. The highest BCUT2D eigenvalue weighted by molar-refractivity contribution is 7.46. The van der Waals surface area contributed by atoms with Crippen LogP contribution in [0.4, 0.5) is 0 Å². The third-order valence-corrected chi connectivity index (χ3v) is 3.76. The van der Waals surface area contributed by atoms with E-state index < -0.39 is 13.9 Å². The van der Waals surface area contributed by atoms with E-state index in [1.54, 1.807) is 0 Å². The summed E-state index contributed by atoms with van der Waals surface area (Å²) in [6.07, 6.45) is 0.0364. The number of benzene rings is 2. The Morgan fingerprint density at radius 1 is 0.792 bits per heavy atom. The van der Waals surface area contributed by atoms with Crippen LogP contribution < -0.4 is 9.47 Å². The first kappa shape index (κ1) is 18.5. The lowest BCUT2D eigenvalue weighted by Gasteiger charge is -2.18. The zero-order chi connectivity index (χ0) is 17.3. The smallest absolute Gasteiger partial charge is 0.469 e. The van der Waals surface area contributed by atoms with Gasteiger partial charge in [0.2, 0.25) is 0 Å². The number of hydrogen-bond donors (Lipinski definition) is 2. The monoisotopic (exact) mass is 352 g/mol. The third-order valence-electron chi connectivity index (χ3n) is 3.19. The average Bonchev–Trinajstić information content (AvgIpc) is 2.55. The lowest BCUT2D eigenvalue weighted by Crippen LogP contribution is -2.19. The second-order valence-electron chi connectivity index (χ2n) is 5.12. The van der Waals surface area contributed by atoms with Crippen LogP contribution in [-0.4, -0.2) is 29.1 Å². The summed E-state index contributed by atoms with van der Waals surface area (Å²) in [5.41, 5.74) is 0. The minimum Gasteiger partial charge on any atom is -0.493 e. The van der Waals surface area contributed by atoms with Gasteiger partial charge in [0.25, 0.3) is 0 Å². The quantitative estimate of drug-likeness (QED) is 0.638. The van der Waals surface area contributed by atoms with E-state index in [-0.39, 0.29) is 0 Å². The molecular formula is C17H21O6P. The number of ether oxygens (including phenoxy) is 2. The second kappa shape index (κ2) is 9.45. The molecule has 0 amide bonds. The van der Waals surface area contributed by atoms with Gasteiger partial charge in [0, 0.05) is 12.8 Å². The third kappa shape index (κ3) is 7.62. The molecule has 0 fully saturated rings. The van der Waals surface area contributed by atoms with Crippen molar-refractivity contribution in [3.63, 3.8) is 0 Å². The fourth-order valence-electron chi connectivity index (χ4n) is 2.09. The Kier molecular flexibility index (Phi) is 7.28. The number of hydrogen-bond acceptors (Lipinski definition) is 4.